The Balaban J connectivity index is 2.64. The van der Waals surface area contributed by atoms with Crippen LogP contribution in [0.2, 0.25) is 0 Å². The Labute approximate surface area is 114 Å². The molecule has 0 saturated heterocycles. The molecule has 0 atom stereocenters. The Kier molecular flexibility index (Phi) is 3.70. The van der Waals surface area contributed by atoms with E-state index in [9.17, 15) is 17.6 Å². The molecule has 0 saturated carbocycles. The lowest BCUT2D eigenvalue weighted by Crippen LogP contribution is -2.08. The van der Waals surface area contributed by atoms with Crippen molar-refractivity contribution in [1.82, 2.24) is 0 Å². The molecule has 0 bridgehead atoms. The van der Waals surface area contributed by atoms with Gasteiger partial charge in [0, 0.05) is 25.3 Å². The van der Waals surface area contributed by atoms with Crippen molar-refractivity contribution in [3.8, 4) is 11.1 Å². The van der Waals surface area contributed by atoms with Gasteiger partial charge in [-0.1, -0.05) is 12.1 Å². The maximum atomic E-state index is 13.9. The highest BCUT2D eigenvalue weighted by Gasteiger charge is 2.23. The second-order valence-electron chi connectivity index (χ2n) is 4.70. The topological polar surface area (TPSA) is 3.24 Å². The molecule has 5 heteroatoms. The van der Waals surface area contributed by atoms with Crippen LogP contribution in [-0.2, 0) is 0 Å². The number of anilines is 1. The molecule has 0 spiro atoms. The maximum absolute atomic E-state index is 13.9. The van der Waals surface area contributed by atoms with Crippen LogP contribution in [0.25, 0.3) is 11.1 Å². The van der Waals surface area contributed by atoms with Gasteiger partial charge in [-0.2, -0.15) is 0 Å². The average molecular weight is 283 g/mol. The van der Waals surface area contributed by atoms with E-state index in [1.165, 1.54) is 12.1 Å². The molecule has 0 aromatic heterocycles. The molecule has 0 amide bonds. The first-order chi connectivity index (χ1) is 9.34. The smallest absolute Gasteiger partial charge is 0.170 e. The molecule has 2 aromatic rings. The van der Waals surface area contributed by atoms with E-state index in [1.54, 1.807) is 31.1 Å². The Morgan fingerprint density at radius 1 is 0.750 bits per heavy atom. The summed E-state index contributed by atoms with van der Waals surface area (Å²) in [5.74, 6) is -5.48. The first kappa shape index (κ1) is 14.4. The Bertz CT molecular complexity index is 619. The van der Waals surface area contributed by atoms with Crippen LogP contribution in [0.4, 0.5) is 23.2 Å². The first-order valence-electron chi connectivity index (χ1n) is 5.95. The second-order valence-corrected chi connectivity index (χ2v) is 4.70. The minimum Gasteiger partial charge on any atom is -0.378 e. The highest BCUT2D eigenvalue weighted by Crippen LogP contribution is 2.32. The van der Waals surface area contributed by atoms with E-state index in [0.29, 0.717) is 0 Å². The monoisotopic (exact) mass is 283 g/mol. The summed E-state index contributed by atoms with van der Waals surface area (Å²) in [4.78, 5) is 1.80. The molecule has 0 aliphatic carbocycles. The third-order valence-corrected chi connectivity index (χ3v) is 3.16. The van der Waals surface area contributed by atoms with Crippen LogP contribution < -0.4 is 4.90 Å². The van der Waals surface area contributed by atoms with E-state index >= 15 is 0 Å². The minimum atomic E-state index is -1.38. The van der Waals surface area contributed by atoms with Crippen LogP contribution in [0.15, 0.2) is 24.3 Å². The van der Waals surface area contributed by atoms with E-state index < -0.39 is 34.4 Å². The lowest BCUT2D eigenvalue weighted by molar-refractivity contribution is 0.449. The van der Waals surface area contributed by atoms with Crippen LogP contribution >= 0.6 is 0 Å². The zero-order valence-corrected chi connectivity index (χ0v) is 11.3. The Hall–Kier alpha value is -2.04. The van der Waals surface area contributed by atoms with E-state index in [4.69, 9.17) is 0 Å². The van der Waals surface area contributed by atoms with E-state index in [1.807, 2.05) is 0 Å². The standard InChI is InChI=1S/C15H13F4N/c1-8-12(16)14(18)11(15(19)13(8)17)9-4-6-10(7-5-9)20(2)3/h4-7H,1-3H3. The molecule has 0 radical (unpaired) electrons. The molecule has 0 N–H and O–H groups in total. The molecular weight excluding hydrogens is 270 g/mol. The molecule has 0 unspecified atom stereocenters. The van der Waals surface area contributed by atoms with Crippen molar-refractivity contribution in [3.05, 3.63) is 53.1 Å². The quantitative estimate of drug-likeness (QED) is 0.587. The van der Waals surface area contributed by atoms with Gasteiger partial charge in [-0.3, -0.25) is 0 Å². The van der Waals surface area contributed by atoms with Crippen LogP contribution in [0.1, 0.15) is 5.56 Å². The highest BCUT2D eigenvalue weighted by atomic mass is 19.2. The van der Waals surface area contributed by atoms with Gasteiger partial charge in [0.1, 0.15) is 0 Å². The normalized spacial score (nSPS) is 10.8. The first-order valence-corrected chi connectivity index (χ1v) is 5.95. The molecule has 1 nitrogen and oxygen atoms in total. The maximum Gasteiger partial charge on any atom is 0.170 e. The number of hydrogen-bond donors (Lipinski definition) is 0. The van der Waals surface area contributed by atoms with Gasteiger partial charge in [-0.15, -0.1) is 0 Å². The average Bonchev–Trinajstić information content (AvgIpc) is 2.44. The van der Waals surface area contributed by atoms with Gasteiger partial charge in [0.2, 0.25) is 0 Å². The molecule has 2 rings (SSSR count). The van der Waals surface area contributed by atoms with Gasteiger partial charge in [0.25, 0.3) is 0 Å². The third-order valence-electron chi connectivity index (χ3n) is 3.16. The Morgan fingerprint density at radius 3 is 1.60 bits per heavy atom. The number of rotatable bonds is 2. The van der Waals surface area contributed by atoms with Crippen LogP contribution in [0.3, 0.4) is 0 Å². The summed E-state index contributed by atoms with van der Waals surface area (Å²) in [6.45, 7) is 0.996. The summed E-state index contributed by atoms with van der Waals surface area (Å²) < 4.78 is 54.8. The van der Waals surface area contributed by atoms with Crippen molar-refractivity contribution in [3.63, 3.8) is 0 Å². The van der Waals surface area contributed by atoms with Gasteiger partial charge in [-0.05, 0) is 24.6 Å². The van der Waals surface area contributed by atoms with Crippen molar-refractivity contribution >= 4 is 5.69 Å². The third kappa shape index (κ3) is 2.24. The fraction of sp³-hybridized carbons (Fsp3) is 0.200. The molecule has 0 aliphatic rings. The SMILES string of the molecule is Cc1c(F)c(F)c(-c2ccc(N(C)C)cc2)c(F)c1F. The fourth-order valence-electron chi connectivity index (χ4n) is 1.92. The van der Waals surface area contributed by atoms with Crippen LogP contribution in [-0.4, -0.2) is 14.1 Å². The summed E-state index contributed by atoms with van der Waals surface area (Å²) in [5.41, 5.74) is -0.449. The molecular formula is C15H13F4N. The lowest BCUT2D eigenvalue weighted by Gasteiger charge is -2.14. The molecule has 0 heterocycles. The zero-order valence-electron chi connectivity index (χ0n) is 11.3. The molecule has 20 heavy (non-hydrogen) atoms. The van der Waals surface area contributed by atoms with Gasteiger partial charge in [0.05, 0.1) is 5.56 Å². The van der Waals surface area contributed by atoms with Crippen molar-refractivity contribution in [2.45, 2.75) is 6.92 Å². The summed E-state index contributed by atoms with van der Waals surface area (Å²) in [7, 11) is 3.61. The van der Waals surface area contributed by atoms with E-state index in [-0.39, 0.29) is 5.56 Å². The molecule has 2 aromatic carbocycles. The summed E-state index contributed by atoms with van der Waals surface area (Å²) >= 11 is 0. The largest absolute Gasteiger partial charge is 0.378 e. The van der Waals surface area contributed by atoms with Crippen LogP contribution in [0.5, 0.6) is 0 Å². The zero-order chi connectivity index (χ0) is 15.0. The van der Waals surface area contributed by atoms with Gasteiger partial charge in [-0.25, -0.2) is 17.6 Å². The molecule has 106 valence electrons. The van der Waals surface area contributed by atoms with E-state index in [0.717, 1.165) is 12.6 Å². The fourth-order valence-corrected chi connectivity index (χ4v) is 1.92. The van der Waals surface area contributed by atoms with Crippen molar-refractivity contribution in [2.75, 3.05) is 19.0 Å². The van der Waals surface area contributed by atoms with Crippen molar-refractivity contribution < 1.29 is 17.6 Å². The van der Waals surface area contributed by atoms with Gasteiger partial charge in [0.15, 0.2) is 23.3 Å². The predicted octanol–water partition coefficient (Wildman–Crippen LogP) is 4.28. The van der Waals surface area contributed by atoms with Crippen molar-refractivity contribution in [2.24, 2.45) is 0 Å². The number of hydrogen-bond acceptors (Lipinski definition) is 1. The second kappa shape index (κ2) is 5.15. The summed E-state index contributed by atoms with van der Waals surface area (Å²) in [6.07, 6.45) is 0. The number of nitrogens with zero attached hydrogens (tertiary/aromatic N) is 1. The highest BCUT2D eigenvalue weighted by molar-refractivity contribution is 5.68. The van der Waals surface area contributed by atoms with Crippen LogP contribution in [0, 0.1) is 30.2 Å². The number of halogens is 4. The minimum absolute atomic E-state index is 0.0865. The predicted molar refractivity (Wildman–Crippen MR) is 70.8 cm³/mol. The van der Waals surface area contributed by atoms with E-state index in [2.05, 4.69) is 0 Å². The van der Waals surface area contributed by atoms with Crippen molar-refractivity contribution in [1.29, 1.82) is 0 Å². The van der Waals surface area contributed by atoms with Gasteiger partial charge >= 0.3 is 0 Å². The molecule has 0 fully saturated rings. The lowest BCUT2D eigenvalue weighted by atomic mass is 10.0. The molecule has 0 aliphatic heterocycles. The summed E-state index contributed by atoms with van der Waals surface area (Å²) in [6, 6.07) is 6.07. The Morgan fingerprint density at radius 2 is 1.20 bits per heavy atom. The van der Waals surface area contributed by atoms with Gasteiger partial charge < -0.3 is 4.90 Å². The summed E-state index contributed by atoms with van der Waals surface area (Å²) in [5, 5.41) is 0. The number of benzene rings is 2.